The number of fused-ring (bicyclic) bond motifs is 1. The lowest BCUT2D eigenvalue weighted by molar-refractivity contribution is -0.114. The highest BCUT2D eigenvalue weighted by atomic mass is 16.7. The van der Waals surface area contributed by atoms with E-state index in [1.807, 2.05) is 4.68 Å². The lowest BCUT2D eigenvalue weighted by Gasteiger charge is -2.28. The third-order valence-electron chi connectivity index (χ3n) is 6.14. The van der Waals surface area contributed by atoms with Gasteiger partial charge in [0.15, 0.2) is 6.23 Å². The molecule has 4 aliphatic heterocycles. The third kappa shape index (κ3) is 3.82. The molecule has 0 amide bonds. The van der Waals surface area contributed by atoms with Crippen LogP contribution >= 0.6 is 0 Å². The van der Waals surface area contributed by atoms with Gasteiger partial charge in [0.05, 0.1) is 25.0 Å². The third-order valence-corrected chi connectivity index (χ3v) is 6.14. The Labute approximate surface area is 175 Å². The van der Waals surface area contributed by atoms with Crippen molar-refractivity contribution < 1.29 is 29.2 Å². The molecule has 4 aliphatic rings. The van der Waals surface area contributed by atoms with Crippen LogP contribution in [0.5, 0.6) is 0 Å². The van der Waals surface area contributed by atoms with Gasteiger partial charge >= 0.3 is 0 Å². The number of anilines is 1. The van der Waals surface area contributed by atoms with Crippen molar-refractivity contribution in [2.45, 2.75) is 75.8 Å². The highest BCUT2D eigenvalue weighted by Crippen LogP contribution is 2.40. The second-order valence-corrected chi connectivity index (χ2v) is 8.24. The van der Waals surface area contributed by atoms with E-state index in [4.69, 9.17) is 24.0 Å². The highest BCUT2D eigenvalue weighted by molar-refractivity contribution is 6.00. The number of nitrogens with zero attached hydrogens (tertiary/aromatic N) is 3. The fourth-order valence-corrected chi connectivity index (χ4v) is 4.54. The molecule has 0 spiro atoms. The number of aliphatic imine (C=N–C) groups is 1. The van der Waals surface area contributed by atoms with Gasteiger partial charge in [0.25, 0.3) is 0 Å². The average Bonchev–Trinajstić information content (AvgIpc) is 3.36. The van der Waals surface area contributed by atoms with Gasteiger partial charge in [-0.3, -0.25) is 0 Å². The van der Waals surface area contributed by atoms with Gasteiger partial charge in [-0.2, -0.15) is 5.10 Å². The number of aliphatic hydroxyl groups is 2. The summed E-state index contributed by atoms with van der Waals surface area (Å²) in [5.41, 5.74) is 2.22. The molecule has 10 nitrogen and oxygen atoms in total. The van der Waals surface area contributed by atoms with Crippen molar-refractivity contribution in [3.63, 3.8) is 0 Å². The van der Waals surface area contributed by atoms with E-state index in [2.05, 4.69) is 10.3 Å². The Morgan fingerprint density at radius 2 is 1.97 bits per heavy atom. The van der Waals surface area contributed by atoms with Gasteiger partial charge in [-0.05, 0) is 32.1 Å². The Morgan fingerprint density at radius 3 is 2.67 bits per heavy atom. The molecule has 5 atom stereocenters. The Hall–Kier alpha value is -1.72. The second kappa shape index (κ2) is 8.80. The molecule has 1 aromatic rings. The minimum Gasteiger partial charge on any atom is -0.446 e. The zero-order valence-corrected chi connectivity index (χ0v) is 17.0. The maximum atomic E-state index is 10.2. The van der Waals surface area contributed by atoms with Crippen molar-refractivity contribution in [2.24, 2.45) is 4.99 Å². The van der Waals surface area contributed by atoms with Gasteiger partial charge in [-0.25, -0.2) is 9.67 Å². The predicted octanol–water partition coefficient (Wildman–Crippen LogP) is 1.44. The number of hydrogen-bond acceptors (Lipinski definition) is 9. The quantitative estimate of drug-likeness (QED) is 0.667. The summed E-state index contributed by atoms with van der Waals surface area (Å²) in [5, 5.41) is 27.9. The molecule has 3 fully saturated rings. The maximum Gasteiger partial charge on any atom is 0.241 e. The summed E-state index contributed by atoms with van der Waals surface area (Å²) >= 11 is 0. The maximum absolute atomic E-state index is 10.2. The normalized spacial score (nSPS) is 34.2. The fourth-order valence-electron chi connectivity index (χ4n) is 4.54. The van der Waals surface area contributed by atoms with Crippen molar-refractivity contribution in [3.05, 3.63) is 11.4 Å². The lowest BCUT2D eigenvalue weighted by Crippen LogP contribution is -2.31. The summed E-state index contributed by atoms with van der Waals surface area (Å²) in [4.78, 5) is 4.56. The largest absolute Gasteiger partial charge is 0.446 e. The molecule has 0 radical (unpaired) electrons. The van der Waals surface area contributed by atoms with E-state index >= 15 is 0 Å². The van der Waals surface area contributed by atoms with E-state index in [1.54, 1.807) is 0 Å². The average molecular weight is 422 g/mol. The van der Waals surface area contributed by atoms with E-state index < -0.39 is 18.3 Å². The number of rotatable bonds is 4. The van der Waals surface area contributed by atoms with Crippen molar-refractivity contribution in [2.75, 3.05) is 31.8 Å². The summed E-state index contributed by atoms with van der Waals surface area (Å²) in [6.45, 7) is 1.51. The van der Waals surface area contributed by atoms with E-state index in [0.29, 0.717) is 37.9 Å². The van der Waals surface area contributed by atoms with Gasteiger partial charge in [-0.15, -0.1) is 0 Å². The zero-order chi connectivity index (χ0) is 20.5. The summed E-state index contributed by atoms with van der Waals surface area (Å²) < 4.78 is 25.7. The van der Waals surface area contributed by atoms with Crippen molar-refractivity contribution in [1.29, 1.82) is 0 Å². The molecular weight excluding hydrogens is 392 g/mol. The van der Waals surface area contributed by atoms with Gasteiger partial charge in [0.2, 0.25) is 12.2 Å². The highest BCUT2D eigenvalue weighted by Gasteiger charge is 2.40. The monoisotopic (exact) mass is 422 g/mol. The first-order valence-corrected chi connectivity index (χ1v) is 11.0. The number of nitrogens with one attached hydrogen (secondary N) is 1. The molecule has 0 saturated carbocycles. The van der Waals surface area contributed by atoms with Crippen LogP contribution < -0.4 is 5.32 Å². The van der Waals surface area contributed by atoms with Crippen LogP contribution in [0.1, 0.15) is 68.7 Å². The van der Waals surface area contributed by atoms with Crippen LogP contribution in [0.25, 0.3) is 0 Å². The van der Waals surface area contributed by atoms with E-state index in [1.165, 1.54) is 0 Å². The lowest BCUT2D eigenvalue weighted by atomic mass is 10.1. The molecule has 0 aliphatic carbocycles. The fraction of sp³-hybridized carbons (Fsp3) is 0.800. The zero-order valence-electron chi connectivity index (χ0n) is 17.0. The minimum atomic E-state index is -0.727. The van der Waals surface area contributed by atoms with Crippen LogP contribution in [0.15, 0.2) is 4.99 Å². The molecule has 166 valence electrons. The van der Waals surface area contributed by atoms with Crippen molar-refractivity contribution >= 4 is 11.6 Å². The van der Waals surface area contributed by atoms with Crippen LogP contribution in [0.4, 0.5) is 5.69 Å². The molecule has 3 saturated heterocycles. The van der Waals surface area contributed by atoms with Crippen LogP contribution in [-0.4, -0.2) is 70.9 Å². The molecule has 2 unspecified atom stereocenters. The summed E-state index contributed by atoms with van der Waals surface area (Å²) in [6, 6.07) is 0. The van der Waals surface area contributed by atoms with Gasteiger partial charge in [0.1, 0.15) is 30.3 Å². The van der Waals surface area contributed by atoms with E-state index in [-0.39, 0.29) is 19.1 Å². The van der Waals surface area contributed by atoms with E-state index in [0.717, 1.165) is 49.9 Å². The van der Waals surface area contributed by atoms with Gasteiger partial charge in [0, 0.05) is 19.4 Å². The number of aliphatic hydroxyl groups excluding tert-OH is 2. The van der Waals surface area contributed by atoms with E-state index in [9.17, 15) is 10.2 Å². The summed E-state index contributed by atoms with van der Waals surface area (Å²) in [6.07, 6.45) is 4.00. The number of hydrogen-bond donors (Lipinski definition) is 3. The predicted molar refractivity (Wildman–Crippen MR) is 106 cm³/mol. The first-order valence-electron chi connectivity index (χ1n) is 11.0. The smallest absolute Gasteiger partial charge is 0.241 e. The minimum absolute atomic E-state index is 0.206. The molecule has 1 aromatic heterocycles. The second-order valence-electron chi connectivity index (χ2n) is 8.24. The summed E-state index contributed by atoms with van der Waals surface area (Å²) in [5.74, 6) is 0.501. The SMILES string of the molecule is OC[C@H]1O[C@@H](c2nn(C3CCCCO3)c3c2NCN=C3OC2CCCCO2)C[C@@H]1O. The van der Waals surface area contributed by atoms with Crippen LogP contribution in [0, 0.1) is 0 Å². The molecule has 10 heteroatoms. The molecule has 3 N–H and O–H groups in total. The molecular formula is C20H30N4O6. The topological polar surface area (TPSA) is 120 Å². The molecule has 0 aromatic carbocycles. The number of aromatic nitrogens is 2. The Balaban J connectivity index is 1.49. The Bertz CT molecular complexity index is 772. The Morgan fingerprint density at radius 1 is 1.13 bits per heavy atom. The standard InChI is InChI=1S/C20H30N4O6/c25-10-14-12(26)9-13(29-14)17-18-19(24(23-17)15-5-1-3-7-27-15)20(22-11-21-18)30-16-6-2-4-8-28-16/h12-16,21,25-26H,1-11H2/t12-,13+,14+,15?,16?/m0/s1. The van der Waals surface area contributed by atoms with Crippen LogP contribution in [-0.2, 0) is 18.9 Å². The Kier molecular flexibility index (Phi) is 5.92. The summed E-state index contributed by atoms with van der Waals surface area (Å²) in [7, 11) is 0. The first-order chi connectivity index (χ1) is 14.7. The van der Waals surface area contributed by atoms with Crippen LogP contribution in [0.3, 0.4) is 0 Å². The van der Waals surface area contributed by atoms with Crippen molar-refractivity contribution in [3.8, 4) is 0 Å². The molecule has 5 heterocycles. The van der Waals surface area contributed by atoms with Gasteiger partial charge in [-0.1, -0.05) is 0 Å². The van der Waals surface area contributed by atoms with Crippen LogP contribution in [0.2, 0.25) is 0 Å². The first kappa shape index (κ1) is 20.2. The van der Waals surface area contributed by atoms with Crippen molar-refractivity contribution in [1.82, 2.24) is 9.78 Å². The van der Waals surface area contributed by atoms with Gasteiger partial charge < -0.3 is 34.5 Å². The molecule has 5 rings (SSSR count). The number of ether oxygens (including phenoxy) is 4. The molecule has 0 bridgehead atoms. The molecule has 30 heavy (non-hydrogen) atoms.